The molecule has 5 heteroatoms. The van der Waals surface area contributed by atoms with Gasteiger partial charge in [-0.05, 0) is 18.6 Å². The third-order valence-electron chi connectivity index (χ3n) is 3.64. The molecule has 3 rings (SSSR count). The Morgan fingerprint density at radius 3 is 2.68 bits per heavy atom. The van der Waals surface area contributed by atoms with Crippen LogP contribution < -0.4 is 0 Å². The van der Waals surface area contributed by atoms with Gasteiger partial charge in [0.25, 0.3) is 0 Å². The topological polar surface area (TPSA) is 47.8 Å². The van der Waals surface area contributed by atoms with Crippen LogP contribution in [0.2, 0.25) is 0 Å². The van der Waals surface area contributed by atoms with Crippen LogP contribution in [-0.4, -0.2) is 23.8 Å². The van der Waals surface area contributed by atoms with Gasteiger partial charge in [-0.15, -0.1) is 11.3 Å². The molecule has 2 heterocycles. The number of benzene rings is 1. The van der Waals surface area contributed by atoms with E-state index in [-0.39, 0.29) is 12.4 Å². The molecule has 0 aliphatic rings. The van der Waals surface area contributed by atoms with Crippen LogP contribution in [-0.2, 0) is 16.0 Å². The van der Waals surface area contributed by atoms with Crippen molar-refractivity contribution in [1.82, 2.24) is 4.40 Å². The fourth-order valence-corrected chi connectivity index (χ4v) is 3.44. The summed E-state index contributed by atoms with van der Waals surface area (Å²) in [5, 5.41) is 1.89. The van der Waals surface area contributed by atoms with Crippen LogP contribution in [0.25, 0.3) is 16.0 Å². The highest BCUT2D eigenvalue weighted by Crippen LogP contribution is 2.31. The van der Waals surface area contributed by atoms with Gasteiger partial charge in [0.2, 0.25) is 0 Å². The lowest BCUT2D eigenvalue weighted by molar-refractivity contribution is -0.139. The molecule has 0 radical (unpaired) electrons. The molecule has 0 fully saturated rings. The second kappa shape index (κ2) is 5.77. The van der Waals surface area contributed by atoms with Gasteiger partial charge in [-0.25, -0.2) is 0 Å². The minimum Gasteiger partial charge on any atom is -0.469 e. The maximum atomic E-state index is 11.6. The summed E-state index contributed by atoms with van der Waals surface area (Å²) in [5.74, 6) is -0.317. The monoisotopic (exact) mass is 313 g/mol. The molecule has 3 aromatic rings. The normalized spacial score (nSPS) is 10.8. The number of fused-ring (bicyclic) bond motifs is 1. The Labute approximate surface area is 132 Å². The Morgan fingerprint density at radius 1 is 1.32 bits per heavy atom. The van der Waals surface area contributed by atoms with E-state index in [0.29, 0.717) is 5.69 Å². The summed E-state index contributed by atoms with van der Waals surface area (Å²) in [6.07, 6.45) is 0.995. The number of hydrogen-bond acceptors (Lipinski definition) is 4. The summed E-state index contributed by atoms with van der Waals surface area (Å²) >= 11 is 1.51. The summed E-state index contributed by atoms with van der Waals surface area (Å²) in [6, 6.07) is 10.0. The lowest BCUT2D eigenvalue weighted by Crippen LogP contribution is -2.07. The summed E-state index contributed by atoms with van der Waals surface area (Å²) in [7, 11) is 1.36. The molecule has 2 aromatic heterocycles. The van der Waals surface area contributed by atoms with E-state index in [9.17, 15) is 9.59 Å². The summed E-state index contributed by atoms with van der Waals surface area (Å²) in [4.78, 5) is 24.1. The molecule has 0 aliphatic carbocycles. The van der Waals surface area contributed by atoms with Gasteiger partial charge in [-0.2, -0.15) is 0 Å². The van der Waals surface area contributed by atoms with Gasteiger partial charge < -0.3 is 9.14 Å². The maximum Gasteiger partial charge on any atom is 0.311 e. The van der Waals surface area contributed by atoms with E-state index in [0.717, 1.165) is 27.9 Å². The van der Waals surface area contributed by atoms with Crippen LogP contribution in [0.1, 0.15) is 21.7 Å². The Morgan fingerprint density at radius 2 is 2.05 bits per heavy atom. The van der Waals surface area contributed by atoms with Gasteiger partial charge in [-0.3, -0.25) is 9.59 Å². The van der Waals surface area contributed by atoms with Crippen molar-refractivity contribution in [2.45, 2.75) is 13.3 Å². The molecule has 1 aromatic carbocycles. The largest absolute Gasteiger partial charge is 0.469 e. The Hall–Kier alpha value is -2.40. The van der Waals surface area contributed by atoms with Gasteiger partial charge in [0.05, 0.1) is 19.2 Å². The first kappa shape index (κ1) is 14.5. The second-order valence-corrected chi connectivity index (χ2v) is 5.97. The average molecular weight is 313 g/mol. The van der Waals surface area contributed by atoms with Gasteiger partial charge in [-0.1, -0.05) is 29.8 Å². The van der Waals surface area contributed by atoms with Crippen molar-refractivity contribution in [1.29, 1.82) is 0 Å². The maximum absolute atomic E-state index is 11.6. The molecular formula is C17H15NO3S. The number of aldehydes is 1. The van der Waals surface area contributed by atoms with Crippen molar-refractivity contribution in [2.75, 3.05) is 7.11 Å². The first-order valence-electron chi connectivity index (χ1n) is 6.85. The van der Waals surface area contributed by atoms with Crippen molar-refractivity contribution in [2.24, 2.45) is 0 Å². The molecule has 0 saturated carbocycles. The smallest absolute Gasteiger partial charge is 0.311 e. The highest BCUT2D eigenvalue weighted by Gasteiger charge is 2.17. The number of esters is 1. The zero-order valence-corrected chi connectivity index (χ0v) is 13.1. The number of carbonyl (C=O) groups is 2. The summed E-state index contributed by atoms with van der Waals surface area (Å²) in [5.41, 5.74) is 4.38. The highest BCUT2D eigenvalue weighted by atomic mass is 32.1. The molecule has 0 bridgehead atoms. The number of aryl methyl sites for hydroxylation is 1. The Bertz CT molecular complexity index is 843. The van der Waals surface area contributed by atoms with Crippen molar-refractivity contribution in [3.63, 3.8) is 0 Å². The molecule has 0 unspecified atom stereocenters. The second-order valence-electron chi connectivity index (χ2n) is 5.08. The molecule has 0 saturated heterocycles. The van der Waals surface area contributed by atoms with Crippen LogP contribution in [0.3, 0.4) is 0 Å². The minimum absolute atomic E-state index is 0.152. The van der Waals surface area contributed by atoms with Gasteiger partial charge in [0, 0.05) is 16.6 Å². The third kappa shape index (κ3) is 2.44. The lowest BCUT2D eigenvalue weighted by atomic mass is 10.0. The minimum atomic E-state index is -0.317. The zero-order chi connectivity index (χ0) is 15.7. The summed E-state index contributed by atoms with van der Waals surface area (Å²) < 4.78 is 6.55. The van der Waals surface area contributed by atoms with E-state index < -0.39 is 0 Å². The molecule has 0 atom stereocenters. The average Bonchev–Trinajstić information content (AvgIpc) is 3.07. The summed E-state index contributed by atoms with van der Waals surface area (Å²) in [6.45, 7) is 2.02. The molecule has 0 amide bonds. The van der Waals surface area contributed by atoms with Crippen molar-refractivity contribution in [3.05, 3.63) is 52.7 Å². The number of hydrogen-bond donors (Lipinski definition) is 0. The van der Waals surface area contributed by atoms with E-state index in [4.69, 9.17) is 4.74 Å². The molecule has 0 N–H and O–H groups in total. The number of rotatable bonds is 4. The molecule has 112 valence electrons. The van der Waals surface area contributed by atoms with E-state index in [1.165, 1.54) is 24.0 Å². The van der Waals surface area contributed by atoms with Crippen LogP contribution >= 0.6 is 11.3 Å². The van der Waals surface area contributed by atoms with Crippen molar-refractivity contribution < 1.29 is 14.3 Å². The predicted octanol–water partition coefficient (Wildman–Crippen LogP) is 3.50. The highest BCUT2D eigenvalue weighted by molar-refractivity contribution is 7.15. The molecule has 0 spiro atoms. The number of thiazole rings is 1. The number of aromatic nitrogens is 1. The first-order valence-corrected chi connectivity index (χ1v) is 7.73. The standard InChI is InChI=1S/C17H15NO3S/c1-11-3-5-12(6-4-11)14-8-16-18(15(14)9-19)13(10-22-16)7-17(20)21-2/h3-6,8-10H,7H2,1-2H3. The SMILES string of the molecule is COC(=O)Cc1csc2cc(-c3ccc(C)cc3)c(C=O)n12. The van der Waals surface area contributed by atoms with E-state index in [1.807, 2.05) is 47.0 Å². The third-order valence-corrected chi connectivity index (χ3v) is 4.57. The van der Waals surface area contributed by atoms with E-state index in [1.54, 1.807) is 0 Å². The molecular weight excluding hydrogens is 298 g/mol. The number of ether oxygens (including phenoxy) is 1. The van der Waals surface area contributed by atoms with Crippen LogP contribution in [0, 0.1) is 6.92 Å². The van der Waals surface area contributed by atoms with E-state index in [2.05, 4.69) is 0 Å². The van der Waals surface area contributed by atoms with Crippen molar-refractivity contribution >= 4 is 28.4 Å². The fraction of sp³-hybridized carbons (Fsp3) is 0.176. The Balaban J connectivity index is 2.14. The molecule has 22 heavy (non-hydrogen) atoms. The predicted molar refractivity (Wildman–Crippen MR) is 86.6 cm³/mol. The number of nitrogens with zero attached hydrogens (tertiary/aromatic N) is 1. The van der Waals surface area contributed by atoms with Gasteiger partial charge >= 0.3 is 5.97 Å². The first-order chi connectivity index (χ1) is 10.6. The van der Waals surface area contributed by atoms with E-state index >= 15 is 0 Å². The molecule has 0 aliphatic heterocycles. The molecule has 4 nitrogen and oxygen atoms in total. The quantitative estimate of drug-likeness (QED) is 0.547. The van der Waals surface area contributed by atoms with Gasteiger partial charge in [0.1, 0.15) is 4.83 Å². The lowest BCUT2D eigenvalue weighted by Gasteiger charge is -2.03. The van der Waals surface area contributed by atoms with Crippen LogP contribution in [0.5, 0.6) is 0 Å². The fourth-order valence-electron chi connectivity index (χ4n) is 2.49. The number of methoxy groups -OCH3 is 1. The van der Waals surface area contributed by atoms with Crippen LogP contribution in [0.4, 0.5) is 0 Å². The Kier molecular flexibility index (Phi) is 3.81. The van der Waals surface area contributed by atoms with Crippen LogP contribution in [0.15, 0.2) is 35.7 Å². The number of carbonyl (C=O) groups excluding carboxylic acids is 2. The zero-order valence-electron chi connectivity index (χ0n) is 12.3. The van der Waals surface area contributed by atoms with Gasteiger partial charge in [0.15, 0.2) is 6.29 Å². The van der Waals surface area contributed by atoms with Crippen molar-refractivity contribution in [3.8, 4) is 11.1 Å².